The maximum absolute atomic E-state index is 12.1. The van der Waals surface area contributed by atoms with E-state index in [1.807, 2.05) is 0 Å². The first-order valence-electron chi connectivity index (χ1n) is 16.9. The predicted molar refractivity (Wildman–Crippen MR) is 168 cm³/mol. The van der Waals surface area contributed by atoms with E-state index in [2.05, 4.69) is 38.2 Å². The topological polar surface area (TPSA) is 72.8 Å². The molecular weight excluding hydrogens is 500 g/mol. The molecule has 5 nitrogen and oxygen atoms in total. The zero-order valence-corrected chi connectivity index (χ0v) is 26.4. The van der Waals surface area contributed by atoms with Gasteiger partial charge in [0.1, 0.15) is 6.61 Å². The summed E-state index contributed by atoms with van der Waals surface area (Å²) in [7, 11) is 0. The lowest BCUT2D eigenvalue weighted by atomic mass is 10.1. The zero-order chi connectivity index (χ0) is 29.4. The van der Waals surface area contributed by atoms with Gasteiger partial charge >= 0.3 is 11.9 Å². The minimum Gasteiger partial charge on any atom is -0.462 e. The van der Waals surface area contributed by atoms with E-state index in [0.29, 0.717) is 12.8 Å². The van der Waals surface area contributed by atoms with Crippen LogP contribution in [-0.2, 0) is 19.1 Å². The van der Waals surface area contributed by atoms with Gasteiger partial charge in [0.25, 0.3) is 0 Å². The summed E-state index contributed by atoms with van der Waals surface area (Å²) in [5.41, 5.74) is 0. The van der Waals surface area contributed by atoms with E-state index in [0.717, 1.165) is 51.4 Å². The van der Waals surface area contributed by atoms with Crippen molar-refractivity contribution in [2.24, 2.45) is 0 Å². The average molecular weight is 565 g/mol. The Morgan fingerprint density at radius 2 is 1.00 bits per heavy atom. The highest BCUT2D eigenvalue weighted by Gasteiger charge is 2.16. The molecule has 0 aliphatic rings. The number of hydrogen-bond acceptors (Lipinski definition) is 5. The fraction of sp³-hybridized carbons (Fsp3) is 0.829. The highest BCUT2D eigenvalue weighted by molar-refractivity contribution is 5.70. The van der Waals surface area contributed by atoms with Crippen molar-refractivity contribution in [1.82, 2.24) is 0 Å². The van der Waals surface area contributed by atoms with Gasteiger partial charge in [0.2, 0.25) is 0 Å². The molecule has 1 unspecified atom stereocenters. The number of hydrogen-bond donors (Lipinski definition) is 1. The van der Waals surface area contributed by atoms with Crippen molar-refractivity contribution in [1.29, 1.82) is 0 Å². The molecule has 0 aliphatic heterocycles. The Kier molecular flexibility index (Phi) is 30.6. The molecule has 0 rings (SSSR count). The molecule has 0 heterocycles. The van der Waals surface area contributed by atoms with E-state index in [-0.39, 0.29) is 25.2 Å². The van der Waals surface area contributed by atoms with Crippen LogP contribution >= 0.6 is 0 Å². The number of ether oxygens (including phenoxy) is 2. The quantitative estimate of drug-likeness (QED) is 0.0534. The van der Waals surface area contributed by atoms with Crippen molar-refractivity contribution in [2.45, 2.75) is 174 Å². The molecule has 0 bridgehead atoms. The van der Waals surface area contributed by atoms with E-state index < -0.39 is 6.10 Å². The van der Waals surface area contributed by atoms with Gasteiger partial charge in [-0.05, 0) is 44.9 Å². The molecular formula is C35H64O5. The standard InChI is InChI=1S/C35H64O5/c1-3-5-7-9-11-13-15-16-17-18-20-22-24-26-28-30-35(38)40-33(31-36)32-39-34(37)29-27-25-23-21-19-14-12-10-8-6-4-2/h11,13,16-17,33,36H,3-10,12,14-15,18-32H2,1-2H3. The van der Waals surface area contributed by atoms with Gasteiger partial charge in [0.05, 0.1) is 6.61 Å². The van der Waals surface area contributed by atoms with Crippen LogP contribution in [0.5, 0.6) is 0 Å². The summed E-state index contributed by atoms with van der Waals surface area (Å²) in [5, 5.41) is 9.49. The molecule has 0 aromatic heterocycles. The van der Waals surface area contributed by atoms with Crippen molar-refractivity contribution in [3.05, 3.63) is 24.3 Å². The van der Waals surface area contributed by atoms with E-state index in [4.69, 9.17) is 9.47 Å². The summed E-state index contributed by atoms with van der Waals surface area (Å²) < 4.78 is 10.5. The molecule has 0 radical (unpaired) electrons. The Labute approximate surface area is 247 Å². The number of carbonyl (C=O) groups excluding carboxylic acids is 2. The van der Waals surface area contributed by atoms with Crippen LogP contribution < -0.4 is 0 Å². The molecule has 5 heteroatoms. The van der Waals surface area contributed by atoms with Gasteiger partial charge in [-0.1, -0.05) is 134 Å². The fourth-order valence-corrected chi connectivity index (χ4v) is 4.64. The van der Waals surface area contributed by atoms with Crippen LogP contribution in [0.4, 0.5) is 0 Å². The first-order valence-corrected chi connectivity index (χ1v) is 16.9. The van der Waals surface area contributed by atoms with Crippen LogP contribution in [0, 0.1) is 0 Å². The number of carbonyl (C=O) groups is 2. The second-order valence-corrected chi connectivity index (χ2v) is 11.2. The van der Waals surface area contributed by atoms with Gasteiger partial charge in [0.15, 0.2) is 6.10 Å². The fourth-order valence-electron chi connectivity index (χ4n) is 4.64. The maximum atomic E-state index is 12.1. The highest BCUT2D eigenvalue weighted by atomic mass is 16.6. The second kappa shape index (κ2) is 31.9. The smallest absolute Gasteiger partial charge is 0.306 e. The average Bonchev–Trinajstić information content (AvgIpc) is 2.96. The molecule has 0 aliphatic carbocycles. The van der Waals surface area contributed by atoms with E-state index in [9.17, 15) is 14.7 Å². The minimum atomic E-state index is -0.772. The Morgan fingerprint density at radius 1 is 0.575 bits per heavy atom. The van der Waals surface area contributed by atoms with Crippen LogP contribution in [0.1, 0.15) is 168 Å². The Hall–Kier alpha value is -1.62. The molecule has 1 N–H and O–H groups in total. The molecule has 1 atom stereocenters. The number of aliphatic hydroxyl groups excluding tert-OH is 1. The van der Waals surface area contributed by atoms with Crippen LogP contribution in [0.2, 0.25) is 0 Å². The Balaban J connectivity index is 3.61. The summed E-state index contributed by atoms with van der Waals surface area (Å²) in [6.45, 7) is 4.08. The summed E-state index contributed by atoms with van der Waals surface area (Å²) in [4.78, 5) is 24.1. The van der Waals surface area contributed by atoms with Crippen LogP contribution in [0.25, 0.3) is 0 Å². The summed E-state index contributed by atoms with van der Waals surface area (Å²) in [5.74, 6) is -0.606. The Morgan fingerprint density at radius 3 is 1.52 bits per heavy atom. The number of esters is 2. The molecule has 40 heavy (non-hydrogen) atoms. The molecule has 0 saturated carbocycles. The van der Waals surface area contributed by atoms with Gasteiger partial charge in [-0.15, -0.1) is 0 Å². The zero-order valence-electron chi connectivity index (χ0n) is 26.4. The van der Waals surface area contributed by atoms with E-state index >= 15 is 0 Å². The molecule has 0 spiro atoms. The maximum Gasteiger partial charge on any atom is 0.306 e. The molecule has 0 aromatic carbocycles. The lowest BCUT2D eigenvalue weighted by Crippen LogP contribution is -2.28. The van der Waals surface area contributed by atoms with Crippen molar-refractivity contribution >= 4 is 11.9 Å². The minimum absolute atomic E-state index is 0.0682. The summed E-state index contributed by atoms with van der Waals surface area (Å²) in [6, 6.07) is 0. The predicted octanol–water partition coefficient (Wildman–Crippen LogP) is 9.95. The number of unbranched alkanes of at least 4 members (excludes halogenated alkanes) is 18. The number of allylic oxidation sites excluding steroid dienone is 4. The first-order chi connectivity index (χ1) is 19.6. The van der Waals surface area contributed by atoms with Crippen LogP contribution in [-0.4, -0.2) is 36.4 Å². The van der Waals surface area contributed by atoms with Crippen molar-refractivity contribution in [3.63, 3.8) is 0 Å². The summed E-state index contributed by atoms with van der Waals surface area (Å²) >= 11 is 0. The molecule has 0 fully saturated rings. The first kappa shape index (κ1) is 38.4. The second-order valence-electron chi connectivity index (χ2n) is 11.2. The number of rotatable bonds is 30. The molecule has 0 amide bonds. The lowest BCUT2D eigenvalue weighted by molar-refractivity contribution is -0.161. The molecule has 234 valence electrons. The highest BCUT2D eigenvalue weighted by Crippen LogP contribution is 2.13. The monoisotopic (exact) mass is 564 g/mol. The van der Waals surface area contributed by atoms with Gasteiger partial charge in [0, 0.05) is 12.8 Å². The van der Waals surface area contributed by atoms with Crippen molar-refractivity contribution < 1.29 is 24.2 Å². The van der Waals surface area contributed by atoms with E-state index in [1.54, 1.807) is 0 Å². The largest absolute Gasteiger partial charge is 0.462 e. The summed E-state index contributed by atoms with van der Waals surface area (Å²) in [6.07, 6.45) is 35.1. The lowest BCUT2D eigenvalue weighted by Gasteiger charge is -2.15. The van der Waals surface area contributed by atoms with Crippen molar-refractivity contribution in [3.8, 4) is 0 Å². The van der Waals surface area contributed by atoms with Gasteiger partial charge in [-0.25, -0.2) is 0 Å². The molecule has 0 aromatic rings. The van der Waals surface area contributed by atoms with Gasteiger partial charge in [-0.3, -0.25) is 9.59 Å². The van der Waals surface area contributed by atoms with Crippen molar-refractivity contribution in [2.75, 3.05) is 13.2 Å². The van der Waals surface area contributed by atoms with Crippen LogP contribution in [0.15, 0.2) is 24.3 Å². The third-order valence-electron chi connectivity index (χ3n) is 7.25. The Bertz CT molecular complexity index is 613. The van der Waals surface area contributed by atoms with Gasteiger partial charge < -0.3 is 14.6 Å². The van der Waals surface area contributed by atoms with E-state index in [1.165, 1.54) is 89.9 Å². The van der Waals surface area contributed by atoms with Gasteiger partial charge in [-0.2, -0.15) is 0 Å². The molecule has 0 saturated heterocycles. The third kappa shape index (κ3) is 29.4. The SMILES string of the molecule is CCCCCC=CCC=CCCCCCCCC(=O)OC(CO)COC(=O)CCCCCCCCCCCCC. The normalized spacial score (nSPS) is 12.4. The number of aliphatic hydroxyl groups is 1. The van der Waals surface area contributed by atoms with Crippen LogP contribution in [0.3, 0.4) is 0 Å². The third-order valence-corrected chi connectivity index (χ3v) is 7.25.